The molecule has 4 nitrogen and oxygen atoms in total. The number of benzene rings is 2. The van der Waals surface area contributed by atoms with Crippen molar-refractivity contribution in [1.29, 1.82) is 0 Å². The van der Waals surface area contributed by atoms with Crippen molar-refractivity contribution in [2.24, 2.45) is 5.73 Å². The molecule has 0 aromatic heterocycles. The Bertz CT molecular complexity index is 765. The van der Waals surface area contributed by atoms with Gasteiger partial charge in [0.1, 0.15) is 12.7 Å². The fraction of sp³-hybridized carbons (Fsp3) is 0.381. The maximum absolute atomic E-state index is 12.8. The van der Waals surface area contributed by atoms with Crippen LogP contribution in [-0.2, 0) is 9.53 Å². The normalized spacial score (nSPS) is 21.3. The van der Waals surface area contributed by atoms with Crippen LogP contribution >= 0.6 is 23.2 Å². The molecule has 0 radical (unpaired) electrons. The fourth-order valence-corrected chi connectivity index (χ4v) is 3.94. The molecule has 1 aliphatic rings. The zero-order valence-electron chi connectivity index (χ0n) is 15.3. The molecule has 0 saturated carbocycles. The first-order valence-electron chi connectivity index (χ1n) is 9.19. The SMILES string of the molecule is CCC[C@@H](CN)N1C(=O)COC(c2ccc(Cl)cc2)C1c1ccc(Cl)cc1. The van der Waals surface area contributed by atoms with Gasteiger partial charge >= 0.3 is 0 Å². The van der Waals surface area contributed by atoms with E-state index in [9.17, 15) is 4.79 Å². The van der Waals surface area contributed by atoms with E-state index in [-0.39, 0.29) is 30.7 Å². The first-order valence-corrected chi connectivity index (χ1v) is 9.94. The van der Waals surface area contributed by atoms with E-state index in [1.807, 2.05) is 53.4 Å². The average Bonchev–Trinajstić information content (AvgIpc) is 2.68. The van der Waals surface area contributed by atoms with Crippen molar-refractivity contribution in [1.82, 2.24) is 4.90 Å². The first kappa shape index (κ1) is 20.2. The second-order valence-electron chi connectivity index (χ2n) is 6.76. The number of hydrogen-bond donors (Lipinski definition) is 1. The largest absolute Gasteiger partial charge is 0.361 e. The van der Waals surface area contributed by atoms with Gasteiger partial charge in [-0.15, -0.1) is 0 Å². The molecular weight excluding hydrogens is 383 g/mol. The Balaban J connectivity index is 2.07. The molecule has 3 atom stereocenters. The molecule has 2 aromatic carbocycles. The van der Waals surface area contributed by atoms with Crippen LogP contribution in [0.15, 0.2) is 48.5 Å². The Morgan fingerprint density at radius 3 is 2.15 bits per heavy atom. The van der Waals surface area contributed by atoms with E-state index < -0.39 is 0 Å². The molecule has 1 heterocycles. The summed E-state index contributed by atoms with van der Waals surface area (Å²) in [6.07, 6.45) is 1.50. The molecule has 1 fully saturated rings. The van der Waals surface area contributed by atoms with Crippen LogP contribution in [0.25, 0.3) is 0 Å². The minimum atomic E-state index is -0.299. The van der Waals surface area contributed by atoms with Crippen molar-refractivity contribution in [3.05, 3.63) is 69.7 Å². The molecule has 0 aliphatic carbocycles. The van der Waals surface area contributed by atoms with Gasteiger partial charge in [0.15, 0.2) is 0 Å². The Labute approximate surface area is 170 Å². The number of carbonyl (C=O) groups is 1. The van der Waals surface area contributed by atoms with Crippen LogP contribution in [0.5, 0.6) is 0 Å². The number of amides is 1. The van der Waals surface area contributed by atoms with Crippen molar-refractivity contribution in [3.8, 4) is 0 Å². The zero-order chi connectivity index (χ0) is 19.4. The van der Waals surface area contributed by atoms with E-state index in [0.29, 0.717) is 16.6 Å². The molecule has 6 heteroatoms. The minimum absolute atomic E-state index is 0.0379. The molecule has 0 bridgehead atoms. The van der Waals surface area contributed by atoms with E-state index in [1.54, 1.807) is 0 Å². The average molecular weight is 407 g/mol. The topological polar surface area (TPSA) is 55.6 Å². The summed E-state index contributed by atoms with van der Waals surface area (Å²) in [6.45, 7) is 2.55. The summed E-state index contributed by atoms with van der Waals surface area (Å²) in [6, 6.07) is 14.8. The summed E-state index contributed by atoms with van der Waals surface area (Å²) in [7, 11) is 0. The van der Waals surface area contributed by atoms with Crippen molar-refractivity contribution < 1.29 is 9.53 Å². The number of carbonyl (C=O) groups excluding carboxylic acids is 1. The third kappa shape index (κ3) is 4.46. The van der Waals surface area contributed by atoms with Gasteiger partial charge in [-0.3, -0.25) is 4.79 Å². The maximum atomic E-state index is 12.8. The number of hydrogen-bond acceptors (Lipinski definition) is 3. The van der Waals surface area contributed by atoms with Gasteiger partial charge in [-0.1, -0.05) is 60.8 Å². The van der Waals surface area contributed by atoms with Crippen LogP contribution in [-0.4, -0.2) is 30.0 Å². The summed E-state index contributed by atoms with van der Waals surface area (Å²) in [5.41, 5.74) is 8.00. The molecule has 3 rings (SSSR count). The van der Waals surface area contributed by atoms with E-state index in [2.05, 4.69) is 6.92 Å². The second-order valence-corrected chi connectivity index (χ2v) is 7.63. The molecule has 2 aromatic rings. The zero-order valence-corrected chi connectivity index (χ0v) is 16.8. The lowest BCUT2D eigenvalue weighted by atomic mass is 9.91. The predicted octanol–water partition coefficient (Wildman–Crippen LogP) is 4.76. The van der Waals surface area contributed by atoms with Gasteiger partial charge in [0.2, 0.25) is 5.91 Å². The van der Waals surface area contributed by atoms with E-state index in [1.165, 1.54) is 0 Å². The van der Waals surface area contributed by atoms with Crippen LogP contribution in [0, 0.1) is 0 Å². The van der Waals surface area contributed by atoms with E-state index >= 15 is 0 Å². The van der Waals surface area contributed by atoms with Gasteiger partial charge in [0.25, 0.3) is 0 Å². The highest BCUT2D eigenvalue weighted by Gasteiger charge is 2.41. The monoisotopic (exact) mass is 406 g/mol. The number of nitrogens with two attached hydrogens (primary N) is 1. The highest BCUT2D eigenvalue weighted by molar-refractivity contribution is 6.30. The van der Waals surface area contributed by atoms with Crippen molar-refractivity contribution in [3.63, 3.8) is 0 Å². The highest BCUT2D eigenvalue weighted by atomic mass is 35.5. The Morgan fingerprint density at radius 2 is 1.63 bits per heavy atom. The number of nitrogens with zero attached hydrogens (tertiary/aromatic N) is 1. The predicted molar refractivity (Wildman–Crippen MR) is 109 cm³/mol. The van der Waals surface area contributed by atoms with Gasteiger partial charge < -0.3 is 15.4 Å². The molecule has 144 valence electrons. The fourth-order valence-electron chi connectivity index (χ4n) is 3.69. The molecule has 1 saturated heterocycles. The maximum Gasteiger partial charge on any atom is 0.249 e. The summed E-state index contributed by atoms with van der Waals surface area (Å²) in [5, 5.41) is 1.32. The van der Waals surface area contributed by atoms with Crippen LogP contribution in [0.3, 0.4) is 0 Å². The van der Waals surface area contributed by atoms with Gasteiger partial charge in [-0.25, -0.2) is 0 Å². The lowest BCUT2D eigenvalue weighted by molar-refractivity contribution is -0.163. The summed E-state index contributed by atoms with van der Waals surface area (Å²) >= 11 is 12.1. The third-order valence-electron chi connectivity index (χ3n) is 4.96. The molecule has 27 heavy (non-hydrogen) atoms. The van der Waals surface area contributed by atoms with Gasteiger partial charge in [0.05, 0.1) is 6.04 Å². The summed E-state index contributed by atoms with van der Waals surface area (Å²) in [4.78, 5) is 14.8. The Morgan fingerprint density at radius 1 is 1.07 bits per heavy atom. The Kier molecular flexibility index (Phi) is 6.77. The Hall–Kier alpha value is -1.59. The first-order chi connectivity index (χ1) is 13.0. The molecule has 1 amide bonds. The molecular formula is C21H24Cl2N2O2. The molecule has 0 spiro atoms. The van der Waals surface area contributed by atoms with Crippen LogP contribution < -0.4 is 5.73 Å². The lowest BCUT2D eigenvalue weighted by Gasteiger charge is -2.45. The number of rotatable bonds is 6. The number of halogens is 2. The van der Waals surface area contributed by atoms with Gasteiger partial charge in [-0.05, 0) is 41.8 Å². The molecule has 2 N–H and O–H groups in total. The smallest absolute Gasteiger partial charge is 0.249 e. The van der Waals surface area contributed by atoms with Crippen molar-refractivity contribution >= 4 is 29.1 Å². The molecule has 1 aliphatic heterocycles. The van der Waals surface area contributed by atoms with Crippen LogP contribution in [0.4, 0.5) is 0 Å². The summed E-state index contributed by atoms with van der Waals surface area (Å²) in [5.74, 6) is -0.0379. The third-order valence-corrected chi connectivity index (χ3v) is 5.46. The summed E-state index contributed by atoms with van der Waals surface area (Å²) < 4.78 is 6.01. The van der Waals surface area contributed by atoms with E-state index in [4.69, 9.17) is 33.7 Å². The van der Waals surface area contributed by atoms with Crippen LogP contribution in [0.1, 0.15) is 43.0 Å². The number of ether oxygens (including phenoxy) is 1. The van der Waals surface area contributed by atoms with Crippen LogP contribution in [0.2, 0.25) is 10.0 Å². The second kappa shape index (κ2) is 9.07. The standard InChI is InChI=1S/C21H24Cl2N2O2/c1-2-3-18(12-24)25-19(26)13-27-21(15-6-10-17(23)11-7-15)20(25)14-4-8-16(22)9-5-14/h4-11,18,20-21H,2-3,12-13,24H2,1H3/t18-,20?,21?/m0/s1. The lowest BCUT2D eigenvalue weighted by Crippen LogP contribution is -2.53. The van der Waals surface area contributed by atoms with Crippen molar-refractivity contribution in [2.45, 2.75) is 38.0 Å². The van der Waals surface area contributed by atoms with E-state index in [0.717, 1.165) is 24.0 Å². The highest BCUT2D eigenvalue weighted by Crippen LogP contribution is 2.42. The molecule has 2 unspecified atom stereocenters. The van der Waals surface area contributed by atoms with Gasteiger partial charge in [-0.2, -0.15) is 0 Å². The minimum Gasteiger partial charge on any atom is -0.361 e. The van der Waals surface area contributed by atoms with Gasteiger partial charge in [0, 0.05) is 22.6 Å². The quantitative estimate of drug-likeness (QED) is 0.751. The number of morpholine rings is 1. The van der Waals surface area contributed by atoms with Crippen molar-refractivity contribution in [2.75, 3.05) is 13.2 Å².